The van der Waals surface area contributed by atoms with Gasteiger partial charge in [-0.3, -0.25) is 4.79 Å². The van der Waals surface area contributed by atoms with E-state index >= 15 is 0 Å². The molecule has 0 atom stereocenters. The Morgan fingerprint density at radius 3 is 2.12 bits per heavy atom. The molecule has 1 rings (SSSR count). The van der Waals surface area contributed by atoms with E-state index in [9.17, 15) is 4.79 Å². The molecule has 2 heteroatoms. The number of carbonyl (C=O) groups is 1. The van der Waals surface area contributed by atoms with Crippen molar-refractivity contribution in [3.05, 3.63) is 29.8 Å². The molecule has 0 bridgehead atoms. The monoisotopic (exact) mass is 234 g/mol. The lowest BCUT2D eigenvalue weighted by atomic mass is 9.97. The molecule has 94 valence electrons. The minimum absolute atomic E-state index is 0.200. The molecule has 0 aromatic heterocycles. The summed E-state index contributed by atoms with van der Waals surface area (Å²) in [5.41, 5.74) is 0.812. The van der Waals surface area contributed by atoms with Crippen LogP contribution in [0.25, 0.3) is 0 Å². The van der Waals surface area contributed by atoms with E-state index in [1.165, 1.54) is 5.56 Å². The lowest BCUT2D eigenvalue weighted by Gasteiger charge is -2.16. The van der Waals surface area contributed by atoms with Gasteiger partial charge in [0.25, 0.3) is 0 Å². The predicted octanol–water partition coefficient (Wildman–Crippen LogP) is 3.84. The first-order valence-corrected chi connectivity index (χ1v) is 6.10. The molecule has 0 aliphatic carbocycles. The van der Waals surface area contributed by atoms with Gasteiger partial charge in [-0.05, 0) is 50.8 Å². The summed E-state index contributed by atoms with van der Waals surface area (Å²) in [4.78, 5) is 11.7. The summed E-state index contributed by atoms with van der Waals surface area (Å²) in [6, 6.07) is 7.76. The molecule has 0 fully saturated rings. The summed E-state index contributed by atoms with van der Waals surface area (Å²) < 4.78 is 5.30. The third-order valence-electron chi connectivity index (χ3n) is 2.39. The number of ether oxygens (including phenoxy) is 1. The highest BCUT2D eigenvalue weighted by Gasteiger charge is 2.23. The Morgan fingerprint density at radius 2 is 1.71 bits per heavy atom. The fraction of sp³-hybridized carbons (Fsp3) is 0.533. The van der Waals surface area contributed by atoms with E-state index in [0.717, 1.165) is 6.42 Å². The summed E-state index contributed by atoms with van der Waals surface area (Å²) in [5, 5.41) is 0. The topological polar surface area (TPSA) is 26.3 Å². The molecule has 0 aliphatic heterocycles. The molecular formula is C15H22O2. The fourth-order valence-corrected chi connectivity index (χ4v) is 1.43. The maximum Gasteiger partial charge on any atom is 0.316 e. The molecule has 0 saturated carbocycles. The highest BCUT2D eigenvalue weighted by Crippen LogP contribution is 2.20. The molecule has 0 spiro atoms. The van der Waals surface area contributed by atoms with Crippen LogP contribution in [0.2, 0.25) is 0 Å². The summed E-state index contributed by atoms with van der Waals surface area (Å²) >= 11 is 0. The van der Waals surface area contributed by atoms with E-state index in [0.29, 0.717) is 11.7 Å². The minimum atomic E-state index is -0.462. The number of benzene rings is 1. The Kier molecular flexibility index (Phi) is 4.33. The van der Waals surface area contributed by atoms with Gasteiger partial charge in [0, 0.05) is 0 Å². The first-order valence-electron chi connectivity index (χ1n) is 6.10. The molecule has 0 radical (unpaired) electrons. The van der Waals surface area contributed by atoms with Crippen molar-refractivity contribution >= 4 is 5.97 Å². The van der Waals surface area contributed by atoms with Gasteiger partial charge in [-0.1, -0.05) is 26.0 Å². The van der Waals surface area contributed by atoms with Crippen molar-refractivity contribution < 1.29 is 9.53 Å². The van der Waals surface area contributed by atoms with E-state index < -0.39 is 5.41 Å². The largest absolute Gasteiger partial charge is 0.426 e. The van der Waals surface area contributed by atoms with Gasteiger partial charge in [0.05, 0.1) is 5.41 Å². The summed E-state index contributed by atoms with van der Waals surface area (Å²) in [6.45, 7) is 9.93. The molecule has 0 unspecified atom stereocenters. The average Bonchev–Trinajstić information content (AvgIpc) is 2.18. The van der Waals surface area contributed by atoms with Crippen molar-refractivity contribution in [1.29, 1.82) is 0 Å². The van der Waals surface area contributed by atoms with Crippen LogP contribution in [0.3, 0.4) is 0 Å². The van der Waals surface area contributed by atoms with Crippen LogP contribution in [0.15, 0.2) is 24.3 Å². The van der Waals surface area contributed by atoms with Gasteiger partial charge >= 0.3 is 5.97 Å². The standard InChI is InChI=1S/C15H22O2/c1-11(2)10-12-6-8-13(9-7-12)17-14(16)15(3,4)5/h6-9,11H,10H2,1-5H3. The summed E-state index contributed by atoms with van der Waals surface area (Å²) in [5.74, 6) is 1.06. The van der Waals surface area contributed by atoms with E-state index in [2.05, 4.69) is 13.8 Å². The number of esters is 1. The molecule has 1 aromatic rings. The van der Waals surface area contributed by atoms with Crippen LogP contribution >= 0.6 is 0 Å². The van der Waals surface area contributed by atoms with Crippen LogP contribution in [0.5, 0.6) is 5.75 Å². The summed E-state index contributed by atoms with van der Waals surface area (Å²) in [6.07, 6.45) is 1.05. The van der Waals surface area contributed by atoms with Crippen molar-refractivity contribution in [2.45, 2.75) is 41.0 Å². The zero-order chi connectivity index (χ0) is 13.1. The quantitative estimate of drug-likeness (QED) is 0.586. The maximum absolute atomic E-state index is 11.7. The smallest absolute Gasteiger partial charge is 0.316 e. The highest BCUT2D eigenvalue weighted by molar-refractivity contribution is 5.77. The number of hydrogen-bond donors (Lipinski definition) is 0. The van der Waals surface area contributed by atoms with Crippen LogP contribution in [0.4, 0.5) is 0 Å². The minimum Gasteiger partial charge on any atom is -0.426 e. The lowest BCUT2D eigenvalue weighted by Crippen LogP contribution is -2.25. The van der Waals surface area contributed by atoms with Crippen molar-refractivity contribution in [1.82, 2.24) is 0 Å². The number of rotatable bonds is 3. The normalized spacial score (nSPS) is 11.6. The fourth-order valence-electron chi connectivity index (χ4n) is 1.43. The zero-order valence-electron chi connectivity index (χ0n) is 11.4. The SMILES string of the molecule is CC(C)Cc1ccc(OC(=O)C(C)(C)C)cc1. The van der Waals surface area contributed by atoms with Gasteiger partial charge < -0.3 is 4.74 Å². The van der Waals surface area contributed by atoms with Gasteiger partial charge in [-0.2, -0.15) is 0 Å². The Balaban J connectivity index is 2.66. The Labute approximate surface area is 104 Å². The highest BCUT2D eigenvalue weighted by atomic mass is 16.5. The van der Waals surface area contributed by atoms with Gasteiger partial charge in [0.15, 0.2) is 0 Å². The van der Waals surface area contributed by atoms with Crippen LogP contribution in [-0.2, 0) is 11.2 Å². The van der Waals surface area contributed by atoms with Crippen molar-refractivity contribution in [2.75, 3.05) is 0 Å². The summed E-state index contributed by atoms with van der Waals surface area (Å²) in [7, 11) is 0. The van der Waals surface area contributed by atoms with E-state index in [1.807, 2.05) is 45.0 Å². The van der Waals surface area contributed by atoms with Crippen molar-refractivity contribution in [2.24, 2.45) is 11.3 Å². The maximum atomic E-state index is 11.7. The van der Waals surface area contributed by atoms with E-state index in [-0.39, 0.29) is 5.97 Å². The molecule has 0 N–H and O–H groups in total. The van der Waals surface area contributed by atoms with Crippen LogP contribution in [-0.4, -0.2) is 5.97 Å². The molecule has 0 aliphatic rings. The molecular weight excluding hydrogens is 212 g/mol. The third-order valence-corrected chi connectivity index (χ3v) is 2.39. The van der Waals surface area contributed by atoms with E-state index in [4.69, 9.17) is 4.74 Å². The predicted molar refractivity (Wildman–Crippen MR) is 70.1 cm³/mol. The number of hydrogen-bond acceptors (Lipinski definition) is 2. The molecule has 2 nitrogen and oxygen atoms in total. The Morgan fingerprint density at radius 1 is 1.18 bits per heavy atom. The molecule has 0 saturated heterocycles. The number of carbonyl (C=O) groups excluding carboxylic acids is 1. The van der Waals surface area contributed by atoms with E-state index in [1.54, 1.807) is 0 Å². The van der Waals surface area contributed by atoms with Crippen molar-refractivity contribution in [3.63, 3.8) is 0 Å². The Hall–Kier alpha value is -1.31. The van der Waals surface area contributed by atoms with Gasteiger partial charge in [-0.15, -0.1) is 0 Å². The average molecular weight is 234 g/mol. The van der Waals surface area contributed by atoms with Crippen LogP contribution in [0, 0.1) is 11.3 Å². The van der Waals surface area contributed by atoms with Gasteiger partial charge in [0.1, 0.15) is 5.75 Å². The second-order valence-electron chi connectivity index (χ2n) is 5.88. The molecule has 0 amide bonds. The zero-order valence-corrected chi connectivity index (χ0v) is 11.4. The Bertz CT molecular complexity index is 369. The molecule has 17 heavy (non-hydrogen) atoms. The van der Waals surface area contributed by atoms with Gasteiger partial charge in [-0.25, -0.2) is 0 Å². The first-order chi connectivity index (χ1) is 7.79. The van der Waals surface area contributed by atoms with Gasteiger partial charge in [0.2, 0.25) is 0 Å². The second-order valence-corrected chi connectivity index (χ2v) is 5.88. The lowest BCUT2D eigenvalue weighted by molar-refractivity contribution is -0.142. The second kappa shape index (κ2) is 5.35. The van der Waals surface area contributed by atoms with Crippen molar-refractivity contribution in [3.8, 4) is 5.75 Å². The molecule has 0 heterocycles. The first kappa shape index (κ1) is 13.8. The van der Waals surface area contributed by atoms with Crippen LogP contribution in [0.1, 0.15) is 40.2 Å². The third kappa shape index (κ3) is 4.59. The van der Waals surface area contributed by atoms with Crippen LogP contribution < -0.4 is 4.74 Å². The molecule has 1 aromatic carbocycles.